The van der Waals surface area contributed by atoms with Crippen molar-refractivity contribution in [1.82, 2.24) is 0 Å². The zero-order chi connectivity index (χ0) is 7.94. The van der Waals surface area contributed by atoms with Gasteiger partial charge in [0.25, 0.3) is 0 Å². The van der Waals surface area contributed by atoms with E-state index in [1.807, 2.05) is 6.21 Å². The van der Waals surface area contributed by atoms with Crippen molar-refractivity contribution in [1.29, 1.82) is 0 Å². The van der Waals surface area contributed by atoms with Gasteiger partial charge in [-0.15, -0.1) is 0 Å². The summed E-state index contributed by atoms with van der Waals surface area (Å²) in [5.74, 6) is 0. The summed E-state index contributed by atoms with van der Waals surface area (Å²) < 4.78 is 0. The lowest BCUT2D eigenvalue weighted by molar-refractivity contribution is 0.444. The third-order valence-electron chi connectivity index (χ3n) is 2.07. The van der Waals surface area contributed by atoms with Crippen molar-refractivity contribution in [2.45, 2.75) is 38.1 Å². The van der Waals surface area contributed by atoms with E-state index >= 15 is 0 Å². The maximum absolute atomic E-state index is 5.17. The maximum atomic E-state index is 5.17. The molecule has 0 radical (unpaired) electrons. The minimum Gasteiger partial charge on any atom is -0.405 e. The van der Waals surface area contributed by atoms with Crippen molar-refractivity contribution in [2.75, 3.05) is 0 Å². The second-order valence-electron chi connectivity index (χ2n) is 2.97. The molecule has 0 atom stereocenters. The van der Waals surface area contributed by atoms with Crippen LogP contribution in [0.5, 0.6) is 0 Å². The number of hydrogen-bond acceptors (Lipinski definition) is 2. The molecule has 1 aliphatic rings. The van der Waals surface area contributed by atoms with Crippen LogP contribution in [0.3, 0.4) is 0 Å². The number of allylic oxidation sites excluding steroid dienone is 1. The molecule has 62 valence electrons. The van der Waals surface area contributed by atoms with Crippen LogP contribution in [0.1, 0.15) is 32.1 Å². The van der Waals surface area contributed by atoms with Crippen LogP contribution in [0.15, 0.2) is 17.3 Å². The first-order chi connectivity index (χ1) is 5.43. The summed E-state index contributed by atoms with van der Waals surface area (Å²) in [5.41, 5.74) is 5.17. The lowest BCUT2D eigenvalue weighted by atomic mass is 9.96. The van der Waals surface area contributed by atoms with E-state index in [1.165, 1.54) is 38.3 Å². The van der Waals surface area contributed by atoms with Crippen molar-refractivity contribution in [3.8, 4) is 0 Å². The van der Waals surface area contributed by atoms with Gasteiger partial charge in [0.1, 0.15) is 0 Å². The van der Waals surface area contributed by atoms with E-state index < -0.39 is 0 Å². The molecule has 2 nitrogen and oxygen atoms in total. The molecule has 11 heavy (non-hydrogen) atoms. The van der Waals surface area contributed by atoms with E-state index in [0.29, 0.717) is 6.04 Å². The van der Waals surface area contributed by atoms with Gasteiger partial charge < -0.3 is 5.73 Å². The molecule has 0 aromatic carbocycles. The molecule has 2 heteroatoms. The Balaban J connectivity index is 2.23. The first-order valence-corrected chi connectivity index (χ1v) is 4.33. The van der Waals surface area contributed by atoms with Crippen LogP contribution in [0.2, 0.25) is 0 Å². The van der Waals surface area contributed by atoms with Gasteiger partial charge in [-0.2, -0.15) is 0 Å². The summed E-state index contributed by atoms with van der Waals surface area (Å²) in [6.45, 7) is 0. The molecule has 0 aromatic rings. The highest BCUT2D eigenvalue weighted by Gasteiger charge is 2.09. The smallest absolute Gasteiger partial charge is 0.0499 e. The maximum Gasteiger partial charge on any atom is 0.0499 e. The van der Waals surface area contributed by atoms with Crippen LogP contribution in [0, 0.1) is 0 Å². The number of hydrogen-bond donors (Lipinski definition) is 1. The molecule has 0 aromatic heterocycles. The highest BCUT2D eigenvalue weighted by Crippen LogP contribution is 2.19. The summed E-state index contributed by atoms with van der Waals surface area (Å²) in [6, 6.07) is 0.569. The highest BCUT2D eigenvalue weighted by atomic mass is 14.8. The Kier molecular flexibility index (Phi) is 3.73. The molecule has 0 unspecified atom stereocenters. The Morgan fingerprint density at radius 2 is 1.91 bits per heavy atom. The molecule has 1 fully saturated rings. The van der Waals surface area contributed by atoms with Crippen LogP contribution >= 0.6 is 0 Å². The molecule has 1 rings (SSSR count). The van der Waals surface area contributed by atoms with Crippen LogP contribution < -0.4 is 5.73 Å². The standard InChI is InChI=1S/C9H16N2/c10-7-4-8-11-9-5-2-1-3-6-9/h4,7-9H,1-3,5-6,10H2. The largest absolute Gasteiger partial charge is 0.405 e. The molecule has 0 aliphatic heterocycles. The molecule has 0 saturated heterocycles. The zero-order valence-corrected chi connectivity index (χ0v) is 6.87. The topological polar surface area (TPSA) is 38.4 Å². The van der Waals surface area contributed by atoms with Crippen LogP contribution in [-0.4, -0.2) is 12.3 Å². The molecular formula is C9H16N2. The van der Waals surface area contributed by atoms with Crippen LogP contribution in [-0.2, 0) is 0 Å². The second kappa shape index (κ2) is 4.94. The molecule has 0 amide bonds. The fourth-order valence-electron chi connectivity index (χ4n) is 1.45. The van der Waals surface area contributed by atoms with Crippen LogP contribution in [0.4, 0.5) is 0 Å². The molecule has 1 saturated carbocycles. The summed E-state index contributed by atoms with van der Waals surface area (Å²) in [4.78, 5) is 4.38. The third-order valence-corrected chi connectivity index (χ3v) is 2.07. The summed E-state index contributed by atoms with van der Waals surface area (Å²) in [6.07, 6.45) is 11.7. The number of nitrogens with two attached hydrogens (primary N) is 1. The monoisotopic (exact) mass is 152 g/mol. The van der Waals surface area contributed by atoms with Gasteiger partial charge in [-0.1, -0.05) is 19.3 Å². The van der Waals surface area contributed by atoms with Gasteiger partial charge in [-0.05, 0) is 25.1 Å². The van der Waals surface area contributed by atoms with E-state index in [1.54, 1.807) is 6.08 Å². The second-order valence-corrected chi connectivity index (χ2v) is 2.97. The van der Waals surface area contributed by atoms with E-state index in [9.17, 15) is 0 Å². The van der Waals surface area contributed by atoms with Crippen molar-refractivity contribution in [2.24, 2.45) is 10.7 Å². The Morgan fingerprint density at radius 3 is 2.55 bits per heavy atom. The van der Waals surface area contributed by atoms with Gasteiger partial charge in [-0.25, -0.2) is 0 Å². The van der Waals surface area contributed by atoms with Gasteiger partial charge in [0.05, 0.1) is 0 Å². The lowest BCUT2D eigenvalue weighted by Gasteiger charge is -2.16. The predicted molar refractivity (Wildman–Crippen MR) is 48.7 cm³/mol. The van der Waals surface area contributed by atoms with E-state index in [-0.39, 0.29) is 0 Å². The van der Waals surface area contributed by atoms with Crippen molar-refractivity contribution < 1.29 is 0 Å². The summed E-state index contributed by atoms with van der Waals surface area (Å²) in [7, 11) is 0. The fraction of sp³-hybridized carbons (Fsp3) is 0.667. The molecule has 0 bridgehead atoms. The Bertz CT molecular complexity index is 144. The minimum absolute atomic E-state index is 0.569. The van der Waals surface area contributed by atoms with Gasteiger partial charge in [0.2, 0.25) is 0 Å². The lowest BCUT2D eigenvalue weighted by Crippen LogP contribution is -2.09. The van der Waals surface area contributed by atoms with Gasteiger partial charge in [0.15, 0.2) is 0 Å². The van der Waals surface area contributed by atoms with Crippen molar-refractivity contribution in [3.63, 3.8) is 0 Å². The summed E-state index contributed by atoms with van der Waals surface area (Å²) >= 11 is 0. The van der Waals surface area contributed by atoms with Gasteiger partial charge in [-0.3, -0.25) is 4.99 Å². The number of rotatable bonds is 2. The minimum atomic E-state index is 0.569. The molecule has 0 spiro atoms. The predicted octanol–water partition coefficient (Wildman–Crippen LogP) is 1.86. The zero-order valence-electron chi connectivity index (χ0n) is 6.87. The molecule has 1 aliphatic carbocycles. The molecular weight excluding hydrogens is 136 g/mol. The number of aliphatic imine (C=N–C) groups is 1. The quantitative estimate of drug-likeness (QED) is 0.603. The van der Waals surface area contributed by atoms with Crippen molar-refractivity contribution in [3.05, 3.63) is 12.3 Å². The number of nitrogens with zero attached hydrogens (tertiary/aromatic N) is 1. The van der Waals surface area contributed by atoms with Gasteiger partial charge in [0, 0.05) is 12.3 Å². The van der Waals surface area contributed by atoms with Gasteiger partial charge >= 0.3 is 0 Å². The highest BCUT2D eigenvalue weighted by molar-refractivity contribution is 5.70. The third kappa shape index (κ3) is 3.21. The average molecular weight is 152 g/mol. The average Bonchev–Trinajstić information content (AvgIpc) is 2.07. The fourth-order valence-corrected chi connectivity index (χ4v) is 1.45. The molecule has 0 heterocycles. The Labute approximate surface area is 68.2 Å². The van der Waals surface area contributed by atoms with Crippen LogP contribution in [0.25, 0.3) is 0 Å². The molecule has 2 N–H and O–H groups in total. The summed E-state index contributed by atoms with van der Waals surface area (Å²) in [5, 5.41) is 0. The SMILES string of the molecule is NC=CC=NC1CCCCC1. The van der Waals surface area contributed by atoms with E-state index in [0.717, 1.165) is 0 Å². The van der Waals surface area contributed by atoms with E-state index in [4.69, 9.17) is 5.73 Å². The van der Waals surface area contributed by atoms with Crippen molar-refractivity contribution >= 4 is 6.21 Å². The Morgan fingerprint density at radius 1 is 1.18 bits per heavy atom. The Hall–Kier alpha value is -0.790. The van der Waals surface area contributed by atoms with E-state index in [2.05, 4.69) is 4.99 Å². The first kappa shape index (κ1) is 8.31. The normalized spacial score (nSPS) is 21.8. The first-order valence-electron chi connectivity index (χ1n) is 4.33.